The highest BCUT2D eigenvalue weighted by atomic mass is 35.5. The number of carbonyl (C=O) groups excluding carboxylic acids is 1. The molecule has 0 atom stereocenters. The van der Waals surface area contributed by atoms with Crippen LogP contribution in [-0.2, 0) is 6.54 Å². The van der Waals surface area contributed by atoms with E-state index in [0.29, 0.717) is 22.9 Å². The van der Waals surface area contributed by atoms with Crippen LogP contribution in [0.3, 0.4) is 0 Å². The van der Waals surface area contributed by atoms with E-state index in [4.69, 9.17) is 11.6 Å². The zero-order valence-corrected chi connectivity index (χ0v) is 11.1. The van der Waals surface area contributed by atoms with Crippen LogP contribution < -0.4 is 5.32 Å². The minimum atomic E-state index is -0.588. The molecule has 0 radical (unpaired) electrons. The van der Waals surface area contributed by atoms with Crippen molar-refractivity contribution in [2.75, 3.05) is 5.32 Å². The number of halogens is 2. The van der Waals surface area contributed by atoms with Crippen molar-refractivity contribution in [2.24, 2.45) is 0 Å². The molecule has 0 fully saturated rings. The van der Waals surface area contributed by atoms with Gasteiger partial charge in [-0.15, -0.1) is 0 Å². The van der Waals surface area contributed by atoms with Gasteiger partial charge in [0.1, 0.15) is 5.69 Å². The molecule has 0 bridgehead atoms. The summed E-state index contributed by atoms with van der Waals surface area (Å²) in [5.74, 6) is -0.885. The Morgan fingerprint density at radius 1 is 1.53 bits per heavy atom. The van der Waals surface area contributed by atoms with Crippen molar-refractivity contribution in [2.45, 2.75) is 19.9 Å². The van der Waals surface area contributed by atoms with E-state index >= 15 is 0 Å². The van der Waals surface area contributed by atoms with E-state index in [0.717, 1.165) is 6.42 Å². The van der Waals surface area contributed by atoms with Crippen molar-refractivity contribution in [3.8, 4) is 0 Å². The lowest BCUT2D eigenvalue weighted by atomic mass is 10.3. The van der Waals surface area contributed by atoms with Crippen LogP contribution in [0.4, 0.5) is 10.1 Å². The second-order valence-electron chi connectivity index (χ2n) is 4.06. The highest BCUT2D eigenvalue weighted by molar-refractivity contribution is 6.31. The molecule has 0 unspecified atom stereocenters. The SMILES string of the molecule is CCCn1cc(Cl)cc1C(=O)Nc1ccc(F)nc1. The molecule has 19 heavy (non-hydrogen) atoms. The number of amides is 1. The number of nitrogens with one attached hydrogen (secondary N) is 1. The monoisotopic (exact) mass is 281 g/mol. The molecule has 0 aliphatic carbocycles. The maximum absolute atomic E-state index is 12.7. The number of hydrogen-bond donors (Lipinski definition) is 1. The fourth-order valence-electron chi connectivity index (χ4n) is 1.74. The molecule has 2 rings (SSSR count). The van der Waals surface area contributed by atoms with Gasteiger partial charge in [0.05, 0.1) is 16.9 Å². The summed E-state index contributed by atoms with van der Waals surface area (Å²) in [5, 5.41) is 3.16. The number of anilines is 1. The van der Waals surface area contributed by atoms with Crippen molar-refractivity contribution in [3.63, 3.8) is 0 Å². The molecule has 0 aromatic carbocycles. The van der Waals surface area contributed by atoms with Gasteiger partial charge in [0.2, 0.25) is 5.95 Å². The lowest BCUT2D eigenvalue weighted by Gasteiger charge is -2.08. The number of carbonyl (C=O) groups is 1. The molecule has 0 saturated carbocycles. The lowest BCUT2D eigenvalue weighted by molar-refractivity contribution is 0.101. The molecule has 0 spiro atoms. The molecule has 2 aromatic rings. The van der Waals surface area contributed by atoms with Gasteiger partial charge in [-0.25, -0.2) is 4.98 Å². The van der Waals surface area contributed by atoms with Crippen molar-refractivity contribution in [1.29, 1.82) is 0 Å². The molecular weight excluding hydrogens is 269 g/mol. The second-order valence-corrected chi connectivity index (χ2v) is 4.50. The second kappa shape index (κ2) is 5.84. The summed E-state index contributed by atoms with van der Waals surface area (Å²) in [6, 6.07) is 4.24. The van der Waals surface area contributed by atoms with Crippen LogP contribution in [0.5, 0.6) is 0 Å². The zero-order chi connectivity index (χ0) is 13.8. The fourth-order valence-corrected chi connectivity index (χ4v) is 1.96. The third kappa shape index (κ3) is 3.32. The average Bonchev–Trinajstić information content (AvgIpc) is 2.74. The predicted octanol–water partition coefficient (Wildman–Crippen LogP) is 3.34. The Balaban J connectivity index is 2.17. The van der Waals surface area contributed by atoms with E-state index in [2.05, 4.69) is 10.3 Å². The van der Waals surface area contributed by atoms with Gasteiger partial charge in [-0.2, -0.15) is 4.39 Å². The van der Waals surface area contributed by atoms with E-state index in [1.165, 1.54) is 18.3 Å². The summed E-state index contributed by atoms with van der Waals surface area (Å²) in [6.07, 6.45) is 3.87. The predicted molar refractivity (Wildman–Crippen MR) is 71.9 cm³/mol. The van der Waals surface area contributed by atoms with Gasteiger partial charge in [0.15, 0.2) is 0 Å². The topological polar surface area (TPSA) is 46.9 Å². The Bertz CT molecular complexity index is 580. The summed E-state index contributed by atoms with van der Waals surface area (Å²) >= 11 is 5.91. The molecule has 1 N–H and O–H groups in total. The van der Waals surface area contributed by atoms with Crippen LogP contribution >= 0.6 is 11.6 Å². The van der Waals surface area contributed by atoms with E-state index in [1.807, 2.05) is 6.92 Å². The van der Waals surface area contributed by atoms with Gasteiger partial charge in [0, 0.05) is 12.7 Å². The standard InChI is InChI=1S/C13H13ClFN3O/c1-2-5-18-8-9(14)6-11(18)13(19)17-10-3-4-12(15)16-7-10/h3-4,6-8H,2,5H2,1H3,(H,17,19). The summed E-state index contributed by atoms with van der Waals surface area (Å²) < 4.78 is 14.5. The Morgan fingerprint density at radius 3 is 2.95 bits per heavy atom. The molecule has 4 nitrogen and oxygen atoms in total. The van der Waals surface area contributed by atoms with E-state index in [1.54, 1.807) is 16.8 Å². The first-order valence-electron chi connectivity index (χ1n) is 5.88. The molecule has 2 heterocycles. The Hall–Kier alpha value is -1.88. The van der Waals surface area contributed by atoms with Crippen LogP contribution in [0.1, 0.15) is 23.8 Å². The maximum atomic E-state index is 12.7. The summed E-state index contributed by atoms with van der Waals surface area (Å²) in [6.45, 7) is 2.72. The molecule has 0 saturated heterocycles. The number of aromatic nitrogens is 2. The lowest BCUT2D eigenvalue weighted by Crippen LogP contribution is -2.16. The Morgan fingerprint density at radius 2 is 2.32 bits per heavy atom. The Labute approximate surface area is 115 Å². The maximum Gasteiger partial charge on any atom is 0.272 e. The minimum Gasteiger partial charge on any atom is -0.342 e. The number of pyridine rings is 1. The fraction of sp³-hybridized carbons (Fsp3) is 0.231. The van der Waals surface area contributed by atoms with Crippen LogP contribution in [-0.4, -0.2) is 15.5 Å². The van der Waals surface area contributed by atoms with Crippen LogP contribution in [0.15, 0.2) is 30.6 Å². The number of rotatable bonds is 4. The number of aryl methyl sites for hydroxylation is 1. The summed E-state index contributed by atoms with van der Waals surface area (Å²) in [5.41, 5.74) is 0.906. The highest BCUT2D eigenvalue weighted by Crippen LogP contribution is 2.16. The van der Waals surface area contributed by atoms with Gasteiger partial charge in [0.25, 0.3) is 5.91 Å². The van der Waals surface area contributed by atoms with Crippen molar-refractivity contribution >= 4 is 23.2 Å². The number of hydrogen-bond acceptors (Lipinski definition) is 2. The third-order valence-electron chi connectivity index (χ3n) is 2.55. The van der Waals surface area contributed by atoms with Crippen LogP contribution in [0.25, 0.3) is 0 Å². The largest absolute Gasteiger partial charge is 0.342 e. The third-order valence-corrected chi connectivity index (χ3v) is 2.75. The van der Waals surface area contributed by atoms with Crippen LogP contribution in [0, 0.1) is 5.95 Å². The van der Waals surface area contributed by atoms with Gasteiger partial charge < -0.3 is 9.88 Å². The molecule has 6 heteroatoms. The van der Waals surface area contributed by atoms with Gasteiger partial charge in [-0.1, -0.05) is 18.5 Å². The van der Waals surface area contributed by atoms with E-state index < -0.39 is 5.95 Å². The first kappa shape index (κ1) is 13.5. The zero-order valence-electron chi connectivity index (χ0n) is 10.4. The number of nitrogens with zero attached hydrogens (tertiary/aromatic N) is 2. The van der Waals surface area contributed by atoms with Gasteiger partial charge >= 0.3 is 0 Å². The Kier molecular flexibility index (Phi) is 4.16. The van der Waals surface area contributed by atoms with E-state index in [-0.39, 0.29) is 5.91 Å². The van der Waals surface area contributed by atoms with Gasteiger partial charge in [-0.3, -0.25) is 4.79 Å². The van der Waals surface area contributed by atoms with E-state index in [9.17, 15) is 9.18 Å². The average molecular weight is 282 g/mol. The molecule has 1 amide bonds. The van der Waals surface area contributed by atoms with Crippen molar-refractivity contribution in [3.05, 3.63) is 47.3 Å². The minimum absolute atomic E-state index is 0.297. The first-order valence-corrected chi connectivity index (χ1v) is 6.26. The molecular formula is C13H13ClFN3O. The summed E-state index contributed by atoms with van der Waals surface area (Å²) in [4.78, 5) is 15.6. The smallest absolute Gasteiger partial charge is 0.272 e. The quantitative estimate of drug-likeness (QED) is 0.874. The van der Waals surface area contributed by atoms with Crippen LogP contribution in [0.2, 0.25) is 5.02 Å². The molecule has 100 valence electrons. The highest BCUT2D eigenvalue weighted by Gasteiger charge is 2.13. The van der Waals surface area contributed by atoms with Crippen molar-refractivity contribution < 1.29 is 9.18 Å². The molecule has 0 aliphatic heterocycles. The summed E-state index contributed by atoms with van der Waals surface area (Å²) in [7, 11) is 0. The van der Waals surface area contributed by atoms with Gasteiger partial charge in [-0.05, 0) is 24.6 Å². The van der Waals surface area contributed by atoms with Crippen molar-refractivity contribution in [1.82, 2.24) is 9.55 Å². The normalized spacial score (nSPS) is 10.5. The first-order chi connectivity index (χ1) is 9.10. The molecule has 2 aromatic heterocycles. The molecule has 0 aliphatic rings.